The number of rotatable bonds is 23. The highest BCUT2D eigenvalue weighted by Crippen LogP contribution is 2.40. The van der Waals surface area contributed by atoms with Crippen molar-refractivity contribution in [1.82, 2.24) is 19.9 Å². The summed E-state index contributed by atoms with van der Waals surface area (Å²) in [6, 6.07) is 58.3. The van der Waals surface area contributed by atoms with Crippen molar-refractivity contribution < 1.29 is 141 Å². The first kappa shape index (κ1) is 103. The van der Waals surface area contributed by atoms with Crippen LogP contribution in [0.3, 0.4) is 0 Å². The lowest BCUT2D eigenvalue weighted by Crippen LogP contribution is -2.36. The fourth-order valence-corrected chi connectivity index (χ4v) is 13.1. The number of methoxy groups -OCH3 is 3. The van der Waals surface area contributed by atoms with Crippen molar-refractivity contribution in [2.75, 3.05) is 66.6 Å². The van der Waals surface area contributed by atoms with Crippen molar-refractivity contribution >= 4 is 85.3 Å². The van der Waals surface area contributed by atoms with E-state index in [1.165, 1.54) is 130 Å². The number of nitro benzene ring substituents is 1. The monoisotopic (exact) mass is 1880 g/mol. The molecule has 14 aromatic rings. The van der Waals surface area contributed by atoms with E-state index in [1.54, 1.807) is 130 Å². The van der Waals surface area contributed by atoms with Crippen molar-refractivity contribution in [3.63, 3.8) is 0 Å². The van der Waals surface area contributed by atoms with Crippen LogP contribution in [0.25, 0.3) is 77.9 Å². The van der Waals surface area contributed by atoms with Crippen molar-refractivity contribution in [1.29, 1.82) is 0 Å². The third kappa shape index (κ3) is 26.5. The number of aromatic hydroxyl groups is 7. The summed E-state index contributed by atoms with van der Waals surface area (Å²) < 4.78 is 47.1. The quantitative estimate of drug-likeness (QED) is 0.0123. The smallest absolute Gasteiger partial charge is 0.337 e. The van der Waals surface area contributed by atoms with E-state index in [9.17, 15) is 112 Å². The Labute approximate surface area is 782 Å². The van der Waals surface area contributed by atoms with Crippen LogP contribution in [0.5, 0.6) is 51.7 Å². The minimum Gasteiger partial charge on any atom is -0.507 e. The van der Waals surface area contributed by atoms with E-state index >= 15 is 0 Å². The van der Waals surface area contributed by atoms with Crippen LogP contribution >= 0.6 is 0 Å². The number of phenolic OH excluding ortho intramolecular Hbond substituents is 7. The van der Waals surface area contributed by atoms with Crippen LogP contribution in [0.2, 0.25) is 0 Å². The van der Waals surface area contributed by atoms with E-state index in [4.69, 9.17) is 29.5 Å². The average Bonchev–Trinajstić information content (AvgIpc) is 0.819. The Kier molecular flexibility index (Phi) is 36.4. The molecule has 0 spiro atoms. The number of ether oxygens (including phenoxy) is 4. The molecular weight excluding hydrogens is 1800 g/mol. The lowest BCUT2D eigenvalue weighted by molar-refractivity contribution is -0.385. The van der Waals surface area contributed by atoms with Crippen LogP contribution in [0.1, 0.15) is 124 Å². The normalized spacial score (nSPS) is 10.8. The molecule has 1 aliphatic heterocycles. The molecule has 0 radical (unpaired) electrons. The second-order valence-corrected chi connectivity index (χ2v) is 29.2. The van der Waals surface area contributed by atoms with E-state index < -0.39 is 63.4 Å². The molecule has 0 atom stereocenters. The standard InChI is InChI=1S/C17H18N2O4.C16H14FNO3.C15H12O4.C14H9FO4.C14H9NO6.C14H10O4.C12H10N2O3/c1-22-15-9-13(8-14(11-20)17(15)21)12-2-3-16(18-10-12)19-4-6-23-7-5-19;1-18(2)16(21)11-5-3-4-10(6-11)12-7-13(9-19)15(20)14(17)8-12;1-19-15(18)12-4-2-3-10(7-12)11-5-6-14(17)13(8-11)9-16;15-12-6-10(5-11(7-16)13(12)17)8-1-3-9(4-2-8)14(18)19;16-7-11-5-10(6-12(13(11)17)15(20)21)8-1-3-9(4-2-8)14(18)19;15-8-12-7-10(4-5-13(12)16)9-2-1-3-11(6-9)14(17)18;1-17-11-3-2-9(10(6-15)12(11)16)8-4-13-7-14-5-8/h2-3,8-11,21H,4-7H2,1H3;3-9,20H,1-2H3;2-9,17H,1H3;1-7,17H,(H,18,19);1-7,17H,(H,18,19);1-8,16H,(H,17,18);2-7,16H,1H3. The summed E-state index contributed by atoms with van der Waals surface area (Å²) in [6.07, 6.45) is 9.68. The number of aromatic nitrogens is 3. The number of pyridine rings is 1. The number of aromatic carboxylic acids is 3. The number of anilines is 1. The summed E-state index contributed by atoms with van der Waals surface area (Å²) >= 11 is 0. The molecule has 1 saturated heterocycles. The van der Waals surface area contributed by atoms with Crippen LogP contribution in [-0.2, 0) is 9.47 Å². The summed E-state index contributed by atoms with van der Waals surface area (Å²) in [5, 5.41) is 104. The summed E-state index contributed by atoms with van der Waals surface area (Å²) in [7, 11) is 7.47. The van der Waals surface area contributed by atoms with Gasteiger partial charge in [0.15, 0.2) is 90.1 Å². The Balaban J connectivity index is 0.000000181. The van der Waals surface area contributed by atoms with Gasteiger partial charge < -0.3 is 79.8 Å². The van der Waals surface area contributed by atoms with Crippen LogP contribution in [0.15, 0.2) is 255 Å². The number of hydrogen-bond acceptors (Lipinski definition) is 29. The third-order valence-corrected chi connectivity index (χ3v) is 20.3. The topological polar surface area (TPSA) is 532 Å². The molecule has 1 aliphatic rings. The number of carbonyl (C=O) groups is 12. The summed E-state index contributed by atoms with van der Waals surface area (Å²) in [5.41, 5.74) is 9.38. The van der Waals surface area contributed by atoms with Crippen LogP contribution < -0.4 is 14.4 Å². The molecule has 2 aromatic heterocycles. The predicted octanol–water partition coefficient (Wildman–Crippen LogP) is 16.9. The molecule has 34 nitrogen and oxygen atoms in total. The highest BCUT2D eigenvalue weighted by Gasteiger charge is 2.23. The van der Waals surface area contributed by atoms with Gasteiger partial charge in [0.25, 0.3) is 5.91 Å². The first-order valence-corrected chi connectivity index (χ1v) is 40.4. The van der Waals surface area contributed by atoms with Crippen molar-refractivity contribution in [2.24, 2.45) is 0 Å². The second kappa shape index (κ2) is 48.9. The molecule has 10 N–H and O–H groups in total. The molecule has 0 unspecified atom stereocenters. The van der Waals surface area contributed by atoms with E-state index in [0.717, 1.165) is 59.4 Å². The Morgan fingerprint density at radius 1 is 0.399 bits per heavy atom. The number of aldehydes is 7. The van der Waals surface area contributed by atoms with Gasteiger partial charge in [0, 0.05) is 68.5 Å². The highest BCUT2D eigenvalue weighted by molar-refractivity contribution is 5.98. The molecular formula is C102H82F2N6O28. The number of carboxylic acid groups (broad SMARTS) is 3. The highest BCUT2D eigenvalue weighted by atomic mass is 19.1. The minimum absolute atomic E-state index is 0.0668. The fourth-order valence-electron chi connectivity index (χ4n) is 13.1. The first-order chi connectivity index (χ1) is 66.2. The minimum atomic E-state index is -1.09. The van der Waals surface area contributed by atoms with Gasteiger partial charge in [-0.3, -0.25) is 48.5 Å². The molecule has 15 rings (SSSR count). The van der Waals surface area contributed by atoms with Gasteiger partial charge >= 0.3 is 29.6 Å². The van der Waals surface area contributed by atoms with Gasteiger partial charge in [-0.2, -0.15) is 0 Å². The van der Waals surface area contributed by atoms with Gasteiger partial charge in [-0.1, -0.05) is 72.8 Å². The molecule has 1 fully saturated rings. The molecule has 1 amide bonds. The Morgan fingerprint density at radius 3 is 1.23 bits per heavy atom. The summed E-state index contributed by atoms with van der Waals surface area (Å²) in [5.74, 6) is -6.65. The number of phenols is 7. The number of benzene rings is 12. The van der Waals surface area contributed by atoms with Gasteiger partial charge in [-0.05, 0) is 218 Å². The average molecular weight is 1880 g/mol. The van der Waals surface area contributed by atoms with Crippen LogP contribution in [0, 0.1) is 21.7 Å². The fraction of sp³-hybridized carbons (Fsp3) is 0.0882. The number of carbonyl (C=O) groups excluding carboxylic acids is 9. The van der Waals surface area contributed by atoms with Crippen LogP contribution in [-0.4, -0.2) is 211 Å². The zero-order valence-corrected chi connectivity index (χ0v) is 73.4. The number of nitro groups is 1. The molecule has 0 aliphatic carbocycles. The van der Waals surface area contributed by atoms with Gasteiger partial charge in [0.2, 0.25) is 5.75 Å². The lowest BCUT2D eigenvalue weighted by atomic mass is 10.00. The van der Waals surface area contributed by atoms with Crippen molar-refractivity contribution in [3.05, 3.63) is 344 Å². The SMILES string of the molecule is CN(C)C(=O)c1cccc(-c2cc(F)c(O)c(C=O)c2)c1.COC(=O)c1cccc(-c2ccc(O)c(C=O)c2)c1.COc1cc(-c2ccc(N3CCOCC3)nc2)cc(C=O)c1O.COc1ccc(-c2cncnc2)c(C=O)c1O.O=Cc1cc(-c2ccc(C(=O)O)cc2)cc(F)c1O.O=Cc1cc(-c2ccc(C(=O)O)cc2)cc([N+](=O)[O-])c1O.O=Cc1cc(-c2cccc(C(=O)O)c2)ccc1O. The Morgan fingerprint density at radius 2 is 0.797 bits per heavy atom. The molecule has 138 heavy (non-hydrogen) atoms. The van der Waals surface area contributed by atoms with Gasteiger partial charge in [0.1, 0.15) is 23.6 Å². The number of carboxylic acids is 3. The van der Waals surface area contributed by atoms with Gasteiger partial charge in [-0.25, -0.2) is 42.9 Å². The maximum Gasteiger partial charge on any atom is 0.337 e. The summed E-state index contributed by atoms with van der Waals surface area (Å²) in [4.78, 5) is 158. The Bertz CT molecular complexity index is 6880. The first-order valence-electron chi connectivity index (χ1n) is 40.4. The number of hydrogen-bond donors (Lipinski definition) is 10. The van der Waals surface area contributed by atoms with E-state index in [0.29, 0.717) is 124 Å². The molecule has 36 heteroatoms. The molecule has 12 aromatic carbocycles. The predicted molar refractivity (Wildman–Crippen MR) is 499 cm³/mol. The maximum atomic E-state index is 13.6. The zero-order chi connectivity index (χ0) is 101. The van der Waals surface area contributed by atoms with E-state index in [1.807, 2.05) is 18.2 Å². The molecule has 702 valence electrons. The second-order valence-electron chi connectivity index (χ2n) is 29.2. The number of nitrogens with zero attached hydrogens (tertiary/aromatic N) is 6. The van der Waals surface area contributed by atoms with E-state index in [2.05, 4.69) is 24.6 Å². The van der Waals surface area contributed by atoms with Crippen LogP contribution in [0.4, 0.5) is 20.3 Å². The number of halogens is 2. The van der Waals surface area contributed by atoms with Gasteiger partial charge in [0.05, 0.1) is 101 Å². The van der Waals surface area contributed by atoms with Crippen molar-refractivity contribution in [3.8, 4) is 130 Å². The molecule has 0 saturated carbocycles. The van der Waals surface area contributed by atoms with Crippen molar-refractivity contribution in [2.45, 2.75) is 0 Å². The number of amides is 1. The summed E-state index contributed by atoms with van der Waals surface area (Å²) in [6.45, 7) is 3.08. The lowest BCUT2D eigenvalue weighted by Gasteiger charge is -2.27. The van der Waals surface area contributed by atoms with Gasteiger partial charge in [-0.15, -0.1) is 0 Å². The van der Waals surface area contributed by atoms with E-state index in [-0.39, 0.29) is 96.0 Å². The largest absolute Gasteiger partial charge is 0.507 e. The number of morpholine rings is 1. The Hall–Kier alpha value is -18.9. The third-order valence-electron chi connectivity index (χ3n) is 20.3. The number of esters is 1. The maximum absolute atomic E-state index is 13.6. The zero-order valence-electron chi connectivity index (χ0n) is 73.4. The molecule has 0 bridgehead atoms. The molecule has 3 heterocycles.